The van der Waals surface area contributed by atoms with Crippen molar-refractivity contribution < 1.29 is 18.5 Å². The van der Waals surface area contributed by atoms with Gasteiger partial charge in [0.2, 0.25) is 5.91 Å². The minimum Gasteiger partial charge on any atom is -0.459 e. The van der Waals surface area contributed by atoms with Crippen LogP contribution < -0.4 is 0 Å². The normalized spacial score (nSPS) is 15.3. The molecule has 0 atom stereocenters. The van der Waals surface area contributed by atoms with Crippen molar-refractivity contribution in [3.8, 4) is 0 Å². The fraction of sp³-hybridized carbons (Fsp3) is 0.500. The Labute approximate surface area is 146 Å². The zero-order chi connectivity index (χ0) is 17.8. The third-order valence-corrected chi connectivity index (χ3v) is 4.64. The van der Waals surface area contributed by atoms with Crippen molar-refractivity contribution in [2.24, 2.45) is 0 Å². The number of hydrogen-bond donors (Lipinski definition) is 0. The van der Waals surface area contributed by atoms with Crippen LogP contribution in [-0.4, -0.2) is 52.9 Å². The SMILES string of the molecule is Cc1noc(C)c1CCC(=O)N1CCCN(C(=O)c2ccco2)CC1. The number of furan rings is 1. The number of carbonyl (C=O) groups excluding carboxylic acids is 2. The van der Waals surface area contributed by atoms with E-state index < -0.39 is 0 Å². The lowest BCUT2D eigenvalue weighted by Crippen LogP contribution is -2.37. The standard InChI is InChI=1S/C18H23N3O4/c1-13-15(14(2)25-19-13)6-7-17(22)20-8-4-9-21(11-10-20)18(23)16-5-3-12-24-16/h3,5,12H,4,6-11H2,1-2H3. The second-order valence-electron chi connectivity index (χ2n) is 6.31. The lowest BCUT2D eigenvalue weighted by molar-refractivity contribution is -0.131. The van der Waals surface area contributed by atoms with Crippen LogP contribution in [0.25, 0.3) is 0 Å². The van der Waals surface area contributed by atoms with Crippen molar-refractivity contribution in [2.45, 2.75) is 33.1 Å². The van der Waals surface area contributed by atoms with Crippen molar-refractivity contribution in [3.05, 3.63) is 41.2 Å². The number of hydrogen-bond acceptors (Lipinski definition) is 5. The molecule has 25 heavy (non-hydrogen) atoms. The van der Waals surface area contributed by atoms with Crippen LogP contribution in [0, 0.1) is 13.8 Å². The first-order valence-electron chi connectivity index (χ1n) is 8.58. The molecule has 7 nitrogen and oxygen atoms in total. The minimum atomic E-state index is -0.116. The lowest BCUT2D eigenvalue weighted by atomic mass is 10.1. The lowest BCUT2D eigenvalue weighted by Gasteiger charge is -2.21. The fourth-order valence-electron chi connectivity index (χ4n) is 3.17. The first kappa shape index (κ1) is 17.3. The Hall–Kier alpha value is -2.57. The Morgan fingerprint density at radius 2 is 1.92 bits per heavy atom. The molecule has 0 radical (unpaired) electrons. The van der Waals surface area contributed by atoms with Crippen molar-refractivity contribution in [1.82, 2.24) is 15.0 Å². The molecule has 0 N–H and O–H groups in total. The van der Waals surface area contributed by atoms with Gasteiger partial charge in [-0.3, -0.25) is 9.59 Å². The van der Waals surface area contributed by atoms with Gasteiger partial charge < -0.3 is 18.7 Å². The third kappa shape index (κ3) is 3.92. The molecule has 2 aromatic heterocycles. The summed E-state index contributed by atoms with van der Waals surface area (Å²) in [4.78, 5) is 28.5. The number of aryl methyl sites for hydroxylation is 2. The molecular formula is C18H23N3O4. The quantitative estimate of drug-likeness (QED) is 0.849. The zero-order valence-electron chi connectivity index (χ0n) is 14.7. The predicted molar refractivity (Wildman–Crippen MR) is 90.1 cm³/mol. The Bertz CT molecular complexity index is 716. The molecule has 1 aliphatic heterocycles. The molecular weight excluding hydrogens is 322 g/mol. The molecule has 134 valence electrons. The summed E-state index contributed by atoms with van der Waals surface area (Å²) in [5, 5.41) is 3.92. The van der Waals surface area contributed by atoms with Gasteiger partial charge in [0.1, 0.15) is 5.76 Å². The number of aromatic nitrogens is 1. The van der Waals surface area contributed by atoms with Gasteiger partial charge in [-0.25, -0.2) is 0 Å². The van der Waals surface area contributed by atoms with Crippen LogP contribution in [0.3, 0.4) is 0 Å². The Kier molecular flexibility index (Phi) is 5.21. The highest BCUT2D eigenvalue weighted by Crippen LogP contribution is 2.16. The molecule has 0 spiro atoms. The molecule has 2 aromatic rings. The summed E-state index contributed by atoms with van der Waals surface area (Å²) in [7, 11) is 0. The van der Waals surface area contributed by atoms with Gasteiger partial charge in [0.25, 0.3) is 5.91 Å². The van der Waals surface area contributed by atoms with Crippen LogP contribution in [0.1, 0.15) is 40.4 Å². The van der Waals surface area contributed by atoms with E-state index in [0.29, 0.717) is 44.8 Å². The average molecular weight is 345 g/mol. The van der Waals surface area contributed by atoms with Crippen molar-refractivity contribution >= 4 is 11.8 Å². The summed E-state index contributed by atoms with van der Waals surface area (Å²) in [5.74, 6) is 1.11. The summed E-state index contributed by atoms with van der Waals surface area (Å²) >= 11 is 0. The summed E-state index contributed by atoms with van der Waals surface area (Å²) in [6.45, 7) is 6.13. The molecule has 0 unspecified atom stereocenters. The van der Waals surface area contributed by atoms with Crippen LogP contribution in [0.4, 0.5) is 0 Å². The largest absolute Gasteiger partial charge is 0.459 e. The first-order valence-corrected chi connectivity index (χ1v) is 8.58. The van der Waals surface area contributed by atoms with Crippen LogP contribution in [0.2, 0.25) is 0 Å². The van der Waals surface area contributed by atoms with E-state index in [4.69, 9.17) is 8.94 Å². The van der Waals surface area contributed by atoms with E-state index in [1.165, 1.54) is 6.26 Å². The van der Waals surface area contributed by atoms with E-state index >= 15 is 0 Å². The molecule has 7 heteroatoms. The van der Waals surface area contributed by atoms with Gasteiger partial charge in [0, 0.05) is 38.2 Å². The molecule has 1 fully saturated rings. The molecule has 0 aromatic carbocycles. The Morgan fingerprint density at radius 1 is 1.16 bits per heavy atom. The monoisotopic (exact) mass is 345 g/mol. The van der Waals surface area contributed by atoms with Crippen LogP contribution in [0.5, 0.6) is 0 Å². The number of carbonyl (C=O) groups is 2. The van der Waals surface area contributed by atoms with Gasteiger partial charge >= 0.3 is 0 Å². The molecule has 3 rings (SSSR count). The highest BCUT2D eigenvalue weighted by atomic mass is 16.5. The van der Waals surface area contributed by atoms with Gasteiger partial charge in [-0.15, -0.1) is 0 Å². The average Bonchev–Trinajstić information content (AvgIpc) is 3.16. The third-order valence-electron chi connectivity index (χ3n) is 4.64. The highest BCUT2D eigenvalue weighted by Gasteiger charge is 2.24. The van der Waals surface area contributed by atoms with Gasteiger partial charge in [0.15, 0.2) is 5.76 Å². The van der Waals surface area contributed by atoms with Crippen LogP contribution >= 0.6 is 0 Å². The Balaban J connectivity index is 1.54. The highest BCUT2D eigenvalue weighted by molar-refractivity contribution is 5.91. The van der Waals surface area contributed by atoms with Crippen molar-refractivity contribution in [3.63, 3.8) is 0 Å². The molecule has 0 aliphatic carbocycles. The molecule has 2 amide bonds. The minimum absolute atomic E-state index is 0.104. The number of nitrogens with zero attached hydrogens (tertiary/aromatic N) is 3. The summed E-state index contributed by atoms with van der Waals surface area (Å²) < 4.78 is 10.3. The molecule has 0 bridgehead atoms. The second-order valence-corrected chi connectivity index (χ2v) is 6.31. The van der Waals surface area contributed by atoms with E-state index in [-0.39, 0.29) is 11.8 Å². The fourth-order valence-corrected chi connectivity index (χ4v) is 3.17. The summed E-state index contributed by atoms with van der Waals surface area (Å²) in [5.41, 5.74) is 1.86. The van der Waals surface area contributed by atoms with Crippen molar-refractivity contribution in [1.29, 1.82) is 0 Å². The van der Waals surface area contributed by atoms with E-state index in [2.05, 4.69) is 5.16 Å². The maximum absolute atomic E-state index is 12.5. The smallest absolute Gasteiger partial charge is 0.289 e. The summed E-state index contributed by atoms with van der Waals surface area (Å²) in [6, 6.07) is 3.37. The van der Waals surface area contributed by atoms with E-state index in [0.717, 1.165) is 23.4 Å². The molecule has 1 aliphatic rings. The first-order chi connectivity index (χ1) is 12.1. The number of amides is 2. The van der Waals surface area contributed by atoms with Gasteiger partial charge in [-0.05, 0) is 38.8 Å². The molecule has 1 saturated heterocycles. The van der Waals surface area contributed by atoms with Crippen LogP contribution in [0.15, 0.2) is 27.3 Å². The maximum Gasteiger partial charge on any atom is 0.289 e. The Morgan fingerprint density at radius 3 is 2.60 bits per heavy atom. The van der Waals surface area contributed by atoms with E-state index in [1.54, 1.807) is 17.0 Å². The van der Waals surface area contributed by atoms with Gasteiger partial charge in [0.05, 0.1) is 12.0 Å². The van der Waals surface area contributed by atoms with E-state index in [1.807, 2.05) is 18.7 Å². The van der Waals surface area contributed by atoms with Gasteiger partial charge in [-0.1, -0.05) is 5.16 Å². The number of rotatable bonds is 4. The maximum atomic E-state index is 12.5. The molecule has 3 heterocycles. The molecule has 0 saturated carbocycles. The predicted octanol–water partition coefficient (Wildman–Crippen LogP) is 2.19. The van der Waals surface area contributed by atoms with Crippen molar-refractivity contribution in [2.75, 3.05) is 26.2 Å². The van der Waals surface area contributed by atoms with Crippen LogP contribution in [-0.2, 0) is 11.2 Å². The van der Waals surface area contributed by atoms with Gasteiger partial charge in [-0.2, -0.15) is 0 Å². The topological polar surface area (TPSA) is 79.8 Å². The zero-order valence-corrected chi connectivity index (χ0v) is 14.7. The van der Waals surface area contributed by atoms with E-state index in [9.17, 15) is 9.59 Å². The second kappa shape index (κ2) is 7.55. The summed E-state index contributed by atoms with van der Waals surface area (Å²) in [6.07, 6.45) is 3.32.